The van der Waals surface area contributed by atoms with Crippen LogP contribution in [0.3, 0.4) is 0 Å². The van der Waals surface area contributed by atoms with Crippen LogP contribution in [0.25, 0.3) is 0 Å². The number of nitrogens with zero attached hydrogens (tertiary/aromatic N) is 5. The molecule has 0 atom stereocenters. The number of sulfonamides is 1. The summed E-state index contributed by atoms with van der Waals surface area (Å²) in [6.45, 7) is 3.66. The lowest BCUT2D eigenvalue weighted by Gasteiger charge is -2.13. The Kier molecular flexibility index (Phi) is 7.29. The molecule has 13 heteroatoms. The first kappa shape index (κ1) is 22.3. The van der Waals surface area contributed by atoms with E-state index in [0.29, 0.717) is 12.1 Å². The van der Waals surface area contributed by atoms with Crippen molar-refractivity contribution in [3.05, 3.63) is 29.3 Å². The smallest absolute Gasteiger partial charge is 0.347 e. The van der Waals surface area contributed by atoms with E-state index in [4.69, 9.17) is 16.4 Å². The Labute approximate surface area is 173 Å². The van der Waals surface area contributed by atoms with Crippen molar-refractivity contribution in [2.24, 2.45) is 5.16 Å². The second-order valence-corrected chi connectivity index (χ2v) is 7.96. The molecule has 0 saturated heterocycles. The summed E-state index contributed by atoms with van der Waals surface area (Å²) in [5.74, 6) is -0.0569. The highest BCUT2D eigenvalue weighted by Crippen LogP contribution is 2.20. The first-order chi connectivity index (χ1) is 13.6. The summed E-state index contributed by atoms with van der Waals surface area (Å²) in [6, 6.07) is 4.47. The Morgan fingerprint density at radius 3 is 2.55 bits per heavy atom. The predicted molar refractivity (Wildman–Crippen MR) is 109 cm³/mol. The van der Waals surface area contributed by atoms with Gasteiger partial charge >= 0.3 is 12.0 Å². The van der Waals surface area contributed by atoms with E-state index in [1.165, 1.54) is 18.2 Å². The highest BCUT2D eigenvalue weighted by atomic mass is 35.5. The van der Waals surface area contributed by atoms with Crippen molar-refractivity contribution in [3.8, 4) is 6.01 Å². The van der Waals surface area contributed by atoms with E-state index in [1.54, 1.807) is 32.0 Å². The molecule has 0 radical (unpaired) electrons. The van der Waals surface area contributed by atoms with Crippen molar-refractivity contribution in [3.63, 3.8) is 0 Å². The molecule has 2 N–H and O–H groups in total. The van der Waals surface area contributed by atoms with Crippen LogP contribution in [0.1, 0.15) is 20.3 Å². The van der Waals surface area contributed by atoms with E-state index in [1.807, 2.05) is 11.6 Å². The number of anilines is 2. The van der Waals surface area contributed by atoms with Crippen LogP contribution in [0.5, 0.6) is 6.01 Å². The topological polar surface area (TPSA) is 139 Å². The van der Waals surface area contributed by atoms with Crippen molar-refractivity contribution in [1.82, 2.24) is 19.7 Å². The van der Waals surface area contributed by atoms with Gasteiger partial charge in [-0.3, -0.25) is 5.32 Å². The SMILES string of the molecule is CCC(C)=NOc1nc(NC(=O)NS(=O)(=O)c2ccccc2Cl)nc(N(C)C)n1. The van der Waals surface area contributed by atoms with Gasteiger partial charge in [0.2, 0.25) is 11.9 Å². The number of aromatic nitrogens is 3. The van der Waals surface area contributed by atoms with Crippen molar-refractivity contribution < 1.29 is 18.0 Å². The largest absolute Gasteiger partial charge is 0.352 e. The molecule has 0 fully saturated rings. The maximum Gasteiger partial charge on any atom is 0.352 e. The van der Waals surface area contributed by atoms with Gasteiger partial charge in [0.25, 0.3) is 10.0 Å². The Morgan fingerprint density at radius 1 is 1.24 bits per heavy atom. The molecule has 0 unspecified atom stereocenters. The number of hydrogen-bond acceptors (Lipinski definition) is 9. The summed E-state index contributed by atoms with van der Waals surface area (Å²) in [6.07, 6.45) is 0.666. The summed E-state index contributed by atoms with van der Waals surface area (Å²) in [5.41, 5.74) is 0.704. The first-order valence-electron chi connectivity index (χ1n) is 8.34. The highest BCUT2D eigenvalue weighted by Gasteiger charge is 2.21. The molecule has 0 spiro atoms. The quantitative estimate of drug-likeness (QED) is 0.492. The van der Waals surface area contributed by atoms with Crippen LogP contribution in [0.15, 0.2) is 34.3 Å². The molecule has 2 aromatic rings. The number of amides is 2. The third kappa shape index (κ3) is 6.26. The maximum absolute atomic E-state index is 12.3. The minimum atomic E-state index is -4.20. The van der Waals surface area contributed by atoms with Gasteiger partial charge in [0.05, 0.1) is 10.7 Å². The lowest BCUT2D eigenvalue weighted by Crippen LogP contribution is -2.35. The molecular weight excluding hydrogens is 422 g/mol. The second-order valence-electron chi connectivity index (χ2n) is 5.90. The molecule has 0 saturated carbocycles. The van der Waals surface area contributed by atoms with Gasteiger partial charge in [-0.2, -0.15) is 15.0 Å². The molecule has 0 aliphatic carbocycles. The third-order valence-corrected chi connectivity index (χ3v) is 5.21. The molecule has 0 bridgehead atoms. The van der Waals surface area contributed by atoms with Crippen LogP contribution in [0, 0.1) is 0 Å². The molecule has 1 aromatic carbocycles. The number of benzene rings is 1. The van der Waals surface area contributed by atoms with E-state index in [-0.39, 0.29) is 27.8 Å². The van der Waals surface area contributed by atoms with Gasteiger partial charge in [-0.05, 0) is 25.5 Å². The van der Waals surface area contributed by atoms with Crippen molar-refractivity contribution in [2.45, 2.75) is 25.2 Å². The molecular formula is C16H20ClN7O4S. The first-order valence-corrected chi connectivity index (χ1v) is 10.2. The van der Waals surface area contributed by atoms with Crippen LogP contribution in [-0.4, -0.2) is 49.2 Å². The Hall–Kier alpha value is -2.99. The molecule has 1 aromatic heterocycles. The minimum Gasteiger partial charge on any atom is -0.347 e. The zero-order valence-electron chi connectivity index (χ0n) is 16.2. The maximum atomic E-state index is 12.3. The summed E-state index contributed by atoms with van der Waals surface area (Å²) in [5, 5.41) is 6.06. The van der Waals surface area contributed by atoms with Gasteiger partial charge in [0, 0.05) is 14.1 Å². The van der Waals surface area contributed by atoms with Gasteiger partial charge in [0.15, 0.2) is 0 Å². The standard InChI is InChI=1S/C16H20ClN7O4S/c1-5-10(2)22-28-16-20-13(18-14(21-16)24(3)4)19-15(25)23-29(26,27)12-9-7-6-8-11(12)17/h6-9H,5H2,1-4H3,(H2,18,19,20,21,23,25). The minimum absolute atomic E-state index is 0.0253. The van der Waals surface area contributed by atoms with Gasteiger partial charge in [-0.15, -0.1) is 0 Å². The molecule has 2 amide bonds. The third-order valence-electron chi connectivity index (χ3n) is 3.38. The summed E-state index contributed by atoms with van der Waals surface area (Å²) >= 11 is 5.88. The number of halogens is 1. The lowest BCUT2D eigenvalue weighted by molar-refractivity contribution is 0.256. The Balaban J connectivity index is 2.22. The normalized spacial score (nSPS) is 11.7. The zero-order chi connectivity index (χ0) is 21.6. The second kappa shape index (κ2) is 9.47. The molecule has 11 nitrogen and oxygen atoms in total. The summed E-state index contributed by atoms with van der Waals surface area (Å²) in [4.78, 5) is 30.6. The number of oxime groups is 1. The molecule has 29 heavy (non-hydrogen) atoms. The average Bonchev–Trinajstić information content (AvgIpc) is 2.65. The molecule has 156 valence electrons. The lowest BCUT2D eigenvalue weighted by atomic mass is 10.3. The van der Waals surface area contributed by atoms with Gasteiger partial charge in [0.1, 0.15) is 4.90 Å². The van der Waals surface area contributed by atoms with E-state index in [9.17, 15) is 13.2 Å². The van der Waals surface area contributed by atoms with Crippen molar-refractivity contribution >= 4 is 45.3 Å². The Bertz CT molecular complexity index is 1030. The van der Waals surface area contributed by atoms with Crippen LogP contribution >= 0.6 is 11.6 Å². The monoisotopic (exact) mass is 441 g/mol. The number of nitrogens with one attached hydrogen (secondary N) is 2. The summed E-state index contributed by atoms with van der Waals surface area (Å²) in [7, 11) is -0.856. The fraction of sp³-hybridized carbons (Fsp3) is 0.312. The number of carbonyl (C=O) groups excluding carboxylic acids is 1. The van der Waals surface area contributed by atoms with E-state index >= 15 is 0 Å². The number of carbonyl (C=O) groups is 1. The number of rotatable bonds is 7. The molecule has 2 rings (SSSR count). The van der Waals surface area contributed by atoms with E-state index in [0.717, 1.165) is 0 Å². The van der Waals surface area contributed by atoms with Gasteiger partial charge in [-0.25, -0.2) is 17.9 Å². The van der Waals surface area contributed by atoms with Crippen LogP contribution in [0.4, 0.5) is 16.7 Å². The molecule has 0 aliphatic rings. The van der Waals surface area contributed by atoms with Gasteiger partial charge in [-0.1, -0.05) is 35.8 Å². The number of hydrogen-bond donors (Lipinski definition) is 2. The van der Waals surface area contributed by atoms with Crippen LogP contribution < -0.4 is 19.8 Å². The van der Waals surface area contributed by atoms with Crippen LogP contribution in [0.2, 0.25) is 5.02 Å². The van der Waals surface area contributed by atoms with Crippen molar-refractivity contribution in [1.29, 1.82) is 0 Å². The molecule has 0 aliphatic heterocycles. The van der Waals surface area contributed by atoms with Crippen molar-refractivity contribution in [2.75, 3.05) is 24.3 Å². The Morgan fingerprint density at radius 2 is 1.93 bits per heavy atom. The summed E-state index contributed by atoms with van der Waals surface area (Å²) < 4.78 is 26.5. The fourth-order valence-corrected chi connectivity index (χ4v) is 3.22. The van der Waals surface area contributed by atoms with E-state index < -0.39 is 16.1 Å². The fourth-order valence-electron chi connectivity index (χ4n) is 1.79. The van der Waals surface area contributed by atoms with Gasteiger partial charge < -0.3 is 9.74 Å². The molecule has 1 heterocycles. The zero-order valence-corrected chi connectivity index (χ0v) is 17.7. The number of urea groups is 1. The predicted octanol–water partition coefficient (Wildman–Crippen LogP) is 2.27. The van der Waals surface area contributed by atoms with Crippen LogP contribution in [-0.2, 0) is 10.0 Å². The average molecular weight is 442 g/mol. The highest BCUT2D eigenvalue weighted by molar-refractivity contribution is 7.90. The van der Waals surface area contributed by atoms with E-state index in [2.05, 4.69) is 25.4 Å².